The van der Waals surface area contributed by atoms with Gasteiger partial charge in [0.15, 0.2) is 0 Å². The van der Waals surface area contributed by atoms with Gasteiger partial charge in [-0.25, -0.2) is 0 Å². The van der Waals surface area contributed by atoms with Gasteiger partial charge in [0.25, 0.3) is 0 Å². The van der Waals surface area contributed by atoms with Gasteiger partial charge in [-0.3, -0.25) is 9.35 Å². The molecule has 1 aromatic rings. The Morgan fingerprint density at radius 1 is 1.11 bits per heavy atom. The smallest absolute Gasteiger partial charge is 0.431 e. The van der Waals surface area contributed by atoms with E-state index >= 15 is 0 Å². The molecule has 0 amide bonds. The van der Waals surface area contributed by atoms with Crippen LogP contribution in [-0.2, 0) is 35.7 Å². The van der Waals surface area contributed by atoms with E-state index in [-0.39, 0.29) is 19.4 Å². The van der Waals surface area contributed by atoms with E-state index in [0.717, 1.165) is 19.8 Å². The van der Waals surface area contributed by atoms with Gasteiger partial charge >= 0.3 is 27.3 Å². The highest BCUT2D eigenvalue weighted by Gasteiger charge is 2.66. The summed E-state index contributed by atoms with van der Waals surface area (Å²) in [6.45, 7) is -0.903. The lowest BCUT2D eigenvalue weighted by Crippen LogP contribution is -2.52. The van der Waals surface area contributed by atoms with Gasteiger partial charge in [-0.05, 0) is 96.8 Å². The Kier molecular flexibility index (Phi) is 8.15. The van der Waals surface area contributed by atoms with Crippen molar-refractivity contribution >= 4 is 106 Å². The van der Waals surface area contributed by atoms with Gasteiger partial charge in [0, 0.05) is 22.7 Å². The van der Waals surface area contributed by atoms with Gasteiger partial charge in [-0.1, -0.05) is 0 Å². The van der Waals surface area contributed by atoms with Gasteiger partial charge in [-0.15, -0.1) is 0 Å². The number of hydrogen-bond donors (Lipinski definition) is 1. The van der Waals surface area contributed by atoms with Gasteiger partial charge in [-0.2, -0.15) is 26.0 Å². The maximum Gasteiger partial charge on any atom is 0.431 e. The number of carbonyl (C=O) groups is 1. The van der Waals surface area contributed by atoms with Crippen molar-refractivity contribution in [3.8, 4) is 5.75 Å². The van der Waals surface area contributed by atoms with Gasteiger partial charge < -0.3 is 18.9 Å². The van der Waals surface area contributed by atoms with Crippen molar-refractivity contribution in [1.82, 2.24) is 0 Å². The molecular formula is C18H14F4I4O8S. The molecule has 4 rings (SSSR count). The predicted molar refractivity (Wildman–Crippen MR) is 144 cm³/mol. The molecule has 4 atom stereocenters. The van der Waals surface area contributed by atoms with E-state index in [1.807, 2.05) is 0 Å². The van der Waals surface area contributed by atoms with Crippen LogP contribution in [0.3, 0.4) is 0 Å². The van der Waals surface area contributed by atoms with E-state index in [0.29, 0.717) is 5.75 Å². The first-order chi connectivity index (χ1) is 16.0. The van der Waals surface area contributed by atoms with Gasteiger partial charge in [0.2, 0.25) is 5.79 Å². The molecule has 4 unspecified atom stereocenters. The van der Waals surface area contributed by atoms with E-state index in [1.54, 1.807) is 0 Å². The quantitative estimate of drug-likeness (QED) is 0.107. The average molecular weight is 974 g/mol. The average Bonchev–Trinajstić information content (AvgIpc) is 3.33. The van der Waals surface area contributed by atoms with E-state index in [1.165, 1.54) is 0 Å². The van der Waals surface area contributed by atoms with Crippen LogP contribution in [0.2, 0.25) is 0 Å². The molecule has 0 radical (unpaired) electrons. The highest BCUT2D eigenvalue weighted by Crippen LogP contribution is 2.53. The number of halogens is 8. The highest BCUT2D eigenvalue weighted by molar-refractivity contribution is 14.1. The van der Waals surface area contributed by atoms with Crippen LogP contribution in [0, 0.1) is 20.2 Å². The van der Waals surface area contributed by atoms with Crippen LogP contribution in [0.5, 0.6) is 5.75 Å². The largest absolute Gasteiger partial charge is 0.465 e. The van der Waals surface area contributed by atoms with Crippen LogP contribution in [0.25, 0.3) is 0 Å². The molecule has 1 aromatic carbocycles. The van der Waals surface area contributed by atoms with Crippen molar-refractivity contribution in [2.75, 3.05) is 6.61 Å². The minimum Gasteiger partial charge on any atom is -0.465 e. The SMILES string of the molecule is O=C(OCCC(F)(F)C(F)(F)S(=O)(=O)O)C1CC2OC1CC21OCc2c(I)c(I)c(I)c(I)c2O1. The Labute approximate surface area is 251 Å². The molecule has 3 aliphatic heterocycles. The van der Waals surface area contributed by atoms with Gasteiger partial charge in [0.05, 0.1) is 35.2 Å². The summed E-state index contributed by atoms with van der Waals surface area (Å²) >= 11 is 8.92. The van der Waals surface area contributed by atoms with E-state index in [2.05, 4.69) is 90.4 Å². The molecule has 0 aliphatic carbocycles. The summed E-state index contributed by atoms with van der Waals surface area (Å²) in [7, 11) is -6.35. The molecule has 3 aliphatic rings. The first-order valence-corrected chi connectivity index (χ1v) is 15.5. The van der Waals surface area contributed by atoms with Crippen molar-refractivity contribution in [3.05, 3.63) is 19.8 Å². The minimum atomic E-state index is -6.35. The molecular weight excluding hydrogens is 960 g/mol. The van der Waals surface area contributed by atoms with Crippen LogP contribution in [0.4, 0.5) is 17.6 Å². The van der Waals surface area contributed by atoms with Crippen LogP contribution in [-0.4, -0.2) is 54.7 Å². The molecule has 17 heteroatoms. The third kappa shape index (κ3) is 4.91. The number of benzene rings is 1. The molecule has 8 nitrogen and oxygen atoms in total. The normalized spacial score (nSPS) is 28.2. The van der Waals surface area contributed by atoms with Gasteiger partial charge in [0.1, 0.15) is 11.9 Å². The molecule has 1 N–H and O–H groups in total. The second-order valence-electron chi connectivity index (χ2n) is 8.09. The number of alkyl halides is 4. The maximum absolute atomic E-state index is 13.6. The molecule has 196 valence electrons. The van der Waals surface area contributed by atoms with Crippen LogP contribution in [0.1, 0.15) is 24.8 Å². The molecule has 2 bridgehead atoms. The molecule has 3 heterocycles. The summed E-state index contributed by atoms with van der Waals surface area (Å²) in [4.78, 5) is 12.4. The second kappa shape index (κ2) is 9.86. The third-order valence-corrected chi connectivity index (χ3v) is 14.4. The highest BCUT2D eigenvalue weighted by atomic mass is 127. The summed E-state index contributed by atoms with van der Waals surface area (Å²) in [6.07, 6.45) is -2.87. The van der Waals surface area contributed by atoms with Crippen molar-refractivity contribution in [2.45, 2.75) is 55.0 Å². The summed E-state index contributed by atoms with van der Waals surface area (Å²) in [5.74, 6) is -7.38. The number of ether oxygens (including phenoxy) is 4. The lowest BCUT2D eigenvalue weighted by molar-refractivity contribution is -0.232. The van der Waals surface area contributed by atoms with E-state index < -0.39 is 64.2 Å². The van der Waals surface area contributed by atoms with E-state index in [4.69, 9.17) is 23.5 Å². The zero-order valence-corrected chi connectivity index (χ0v) is 26.5. The van der Waals surface area contributed by atoms with Crippen LogP contribution >= 0.6 is 90.4 Å². The lowest BCUT2D eigenvalue weighted by atomic mass is 9.84. The minimum absolute atomic E-state index is 0.103. The Balaban J connectivity index is 1.39. The van der Waals surface area contributed by atoms with Crippen molar-refractivity contribution in [1.29, 1.82) is 0 Å². The molecule has 0 aromatic heterocycles. The molecule has 2 fully saturated rings. The van der Waals surface area contributed by atoms with Crippen LogP contribution in [0.15, 0.2) is 0 Å². The molecule has 2 saturated heterocycles. The predicted octanol–water partition coefficient (Wildman–Crippen LogP) is 4.94. The summed E-state index contributed by atoms with van der Waals surface area (Å²) in [6, 6.07) is 0. The Morgan fingerprint density at radius 3 is 2.31 bits per heavy atom. The first-order valence-electron chi connectivity index (χ1n) is 9.75. The Bertz CT molecular complexity index is 1180. The fraction of sp³-hybridized carbons (Fsp3) is 0.611. The Hall–Kier alpha value is 0.960. The topological polar surface area (TPSA) is 108 Å². The fourth-order valence-electron chi connectivity index (χ4n) is 4.15. The number of hydrogen-bond acceptors (Lipinski definition) is 7. The summed E-state index contributed by atoms with van der Waals surface area (Å²) in [5.41, 5.74) is 0.909. The number of carbonyl (C=O) groups excluding carboxylic acids is 1. The lowest BCUT2D eigenvalue weighted by Gasteiger charge is -2.41. The zero-order valence-electron chi connectivity index (χ0n) is 17.0. The summed E-state index contributed by atoms with van der Waals surface area (Å²) in [5, 5.41) is -5.72. The number of rotatable bonds is 6. The van der Waals surface area contributed by atoms with Crippen molar-refractivity contribution < 1.29 is 54.3 Å². The molecule has 35 heavy (non-hydrogen) atoms. The monoisotopic (exact) mass is 974 g/mol. The summed E-state index contributed by atoms with van der Waals surface area (Å²) < 4.78 is 110. The first kappa shape index (κ1) is 29.0. The van der Waals surface area contributed by atoms with Crippen molar-refractivity contribution in [2.24, 2.45) is 5.92 Å². The standard InChI is InChI=1S/C18H14F4I4O8S/c19-17(20,18(21,22)35(28,29)30)1-2-31-15(27)6-3-9-16(4-8(6)33-9)32-5-7-10(23)11(24)12(25)13(26)14(7)34-16/h6,8-9H,1-5H2,(H,28,29,30). The maximum atomic E-state index is 13.6. The Morgan fingerprint density at radius 2 is 1.74 bits per heavy atom. The number of esters is 1. The number of fused-ring (bicyclic) bond motifs is 4. The molecule has 1 spiro atoms. The fourth-order valence-corrected chi connectivity index (χ4v) is 8.14. The van der Waals surface area contributed by atoms with Crippen LogP contribution < -0.4 is 4.74 Å². The van der Waals surface area contributed by atoms with E-state index in [9.17, 15) is 30.8 Å². The molecule has 0 saturated carbocycles. The second-order valence-corrected chi connectivity index (χ2v) is 13.9. The van der Waals surface area contributed by atoms with Crippen molar-refractivity contribution in [3.63, 3.8) is 0 Å². The third-order valence-electron chi connectivity index (χ3n) is 6.00. The zero-order chi connectivity index (χ0) is 26.1.